The highest BCUT2D eigenvalue weighted by atomic mass is 16.3. The third-order valence-electron chi connectivity index (χ3n) is 6.76. The Morgan fingerprint density at radius 2 is 1.95 bits per heavy atom. The topological polar surface area (TPSA) is 73.1 Å². The number of nitrogens with one attached hydrogen (secondary N) is 1. The minimum atomic E-state index is -0.483. The van der Waals surface area contributed by atoms with Crippen molar-refractivity contribution in [1.82, 2.24) is 5.32 Å². The van der Waals surface area contributed by atoms with Crippen molar-refractivity contribution < 1.29 is 9.90 Å². The molecule has 0 amide bonds. The van der Waals surface area contributed by atoms with Crippen LogP contribution < -0.4 is 5.32 Å². The SMILES string of the molecule is N#C[C@@H]1CCCC1C(=O)CNC12CC3CC(CC(O)(C3)C1)C2. The highest BCUT2D eigenvalue weighted by Gasteiger charge is 2.57. The number of hydrogen-bond acceptors (Lipinski definition) is 4. The second kappa shape index (κ2) is 5.04. The van der Waals surface area contributed by atoms with Crippen molar-refractivity contribution >= 4 is 5.78 Å². The van der Waals surface area contributed by atoms with Gasteiger partial charge in [-0.2, -0.15) is 5.26 Å². The molecule has 5 aliphatic carbocycles. The molecule has 4 nitrogen and oxygen atoms in total. The molecule has 2 N–H and O–H groups in total. The molecule has 0 saturated heterocycles. The van der Waals surface area contributed by atoms with Crippen molar-refractivity contribution in [3.05, 3.63) is 0 Å². The molecule has 4 atom stereocenters. The summed E-state index contributed by atoms with van der Waals surface area (Å²) in [5, 5.41) is 23.5. The molecule has 0 heterocycles. The molecular weight excluding hydrogens is 276 g/mol. The monoisotopic (exact) mass is 302 g/mol. The molecule has 0 aromatic heterocycles. The summed E-state index contributed by atoms with van der Waals surface area (Å²) in [7, 11) is 0. The largest absolute Gasteiger partial charge is 0.390 e. The van der Waals surface area contributed by atoms with E-state index in [0.717, 1.165) is 51.4 Å². The van der Waals surface area contributed by atoms with Crippen LogP contribution in [0.25, 0.3) is 0 Å². The predicted octanol–water partition coefficient (Wildman–Crippen LogP) is 2.17. The van der Waals surface area contributed by atoms with Gasteiger partial charge < -0.3 is 10.4 Å². The summed E-state index contributed by atoms with van der Waals surface area (Å²) in [4.78, 5) is 12.5. The van der Waals surface area contributed by atoms with E-state index >= 15 is 0 Å². The van der Waals surface area contributed by atoms with E-state index in [1.165, 1.54) is 6.42 Å². The van der Waals surface area contributed by atoms with Crippen LogP contribution in [0.3, 0.4) is 0 Å². The average molecular weight is 302 g/mol. The van der Waals surface area contributed by atoms with Gasteiger partial charge in [-0.1, -0.05) is 6.42 Å². The Morgan fingerprint density at radius 3 is 2.59 bits per heavy atom. The van der Waals surface area contributed by atoms with Crippen LogP contribution in [-0.2, 0) is 4.79 Å². The molecule has 5 saturated carbocycles. The molecule has 0 aromatic carbocycles. The highest BCUT2D eigenvalue weighted by Crippen LogP contribution is 2.57. The van der Waals surface area contributed by atoms with Crippen molar-refractivity contribution in [3.63, 3.8) is 0 Å². The van der Waals surface area contributed by atoms with Gasteiger partial charge in [-0.3, -0.25) is 4.79 Å². The van der Waals surface area contributed by atoms with Crippen molar-refractivity contribution in [2.75, 3.05) is 6.54 Å². The van der Waals surface area contributed by atoms with E-state index in [-0.39, 0.29) is 23.2 Å². The van der Waals surface area contributed by atoms with Gasteiger partial charge >= 0.3 is 0 Å². The Bertz CT molecular complexity index is 510. The van der Waals surface area contributed by atoms with Gasteiger partial charge in [0.1, 0.15) is 0 Å². The summed E-state index contributed by atoms with van der Waals surface area (Å²) >= 11 is 0. The van der Waals surface area contributed by atoms with E-state index in [0.29, 0.717) is 18.4 Å². The fraction of sp³-hybridized carbons (Fsp3) is 0.889. The van der Waals surface area contributed by atoms with Crippen LogP contribution in [0, 0.1) is 35.0 Å². The Morgan fingerprint density at radius 1 is 1.23 bits per heavy atom. The molecule has 0 radical (unpaired) electrons. The standard InChI is InChI=1S/C18H26N2O2/c19-9-14-2-1-3-15(14)16(21)10-20-17-5-12-4-13(6-17)8-18(22,7-12)11-17/h12-15,20,22H,1-8,10-11H2/t12?,13?,14-,15?,17?,18?/m0/s1. The number of Topliss-reactive ketones (excluding diaryl/α,β-unsaturated/α-hetero) is 1. The number of aliphatic hydroxyl groups is 1. The van der Waals surface area contributed by atoms with E-state index in [2.05, 4.69) is 11.4 Å². The van der Waals surface area contributed by atoms with Gasteiger partial charge in [0.2, 0.25) is 0 Å². The number of rotatable bonds is 4. The number of nitrogens with zero attached hydrogens (tertiary/aromatic N) is 1. The molecule has 4 bridgehead atoms. The quantitative estimate of drug-likeness (QED) is 0.835. The van der Waals surface area contributed by atoms with Gasteiger partial charge in [-0.05, 0) is 63.2 Å². The summed E-state index contributed by atoms with van der Waals surface area (Å²) in [5.41, 5.74) is -0.502. The number of hydrogen-bond donors (Lipinski definition) is 2. The molecular formula is C18H26N2O2. The molecule has 5 rings (SSSR count). The first-order chi connectivity index (χ1) is 10.5. The van der Waals surface area contributed by atoms with E-state index in [1.54, 1.807) is 0 Å². The molecule has 5 fully saturated rings. The van der Waals surface area contributed by atoms with Crippen LogP contribution in [-0.4, -0.2) is 28.6 Å². The molecule has 4 heteroatoms. The van der Waals surface area contributed by atoms with Crippen LogP contribution in [0.5, 0.6) is 0 Å². The minimum absolute atomic E-state index is 0.0186. The minimum Gasteiger partial charge on any atom is -0.390 e. The van der Waals surface area contributed by atoms with Crippen LogP contribution in [0.2, 0.25) is 0 Å². The second-order valence-electron chi connectivity index (χ2n) is 8.56. The van der Waals surface area contributed by atoms with Crippen LogP contribution in [0.15, 0.2) is 0 Å². The lowest BCUT2D eigenvalue weighted by atomic mass is 9.51. The van der Waals surface area contributed by atoms with E-state index in [4.69, 9.17) is 5.26 Å². The number of carbonyl (C=O) groups is 1. The molecule has 0 aromatic rings. The summed E-state index contributed by atoms with van der Waals surface area (Å²) in [6.45, 7) is 0.387. The molecule has 22 heavy (non-hydrogen) atoms. The summed E-state index contributed by atoms with van der Waals surface area (Å²) in [5.74, 6) is 1.34. The zero-order chi connectivity index (χ0) is 15.4. The average Bonchev–Trinajstić information content (AvgIpc) is 2.90. The lowest BCUT2D eigenvalue weighted by Gasteiger charge is -2.60. The maximum absolute atomic E-state index is 12.5. The number of carbonyl (C=O) groups excluding carboxylic acids is 1. The van der Waals surface area contributed by atoms with Gasteiger partial charge in [0.25, 0.3) is 0 Å². The Balaban J connectivity index is 1.41. The zero-order valence-electron chi connectivity index (χ0n) is 13.2. The molecule has 0 spiro atoms. The van der Waals surface area contributed by atoms with Crippen molar-refractivity contribution in [2.24, 2.45) is 23.7 Å². The first-order valence-electron chi connectivity index (χ1n) is 8.91. The molecule has 5 aliphatic rings. The first-order valence-corrected chi connectivity index (χ1v) is 8.91. The fourth-order valence-electron chi connectivity index (χ4n) is 6.33. The Kier molecular flexibility index (Phi) is 3.36. The first kappa shape index (κ1) is 14.7. The lowest BCUT2D eigenvalue weighted by Crippen LogP contribution is -2.65. The lowest BCUT2D eigenvalue weighted by molar-refractivity contribution is -0.145. The normalized spacial score (nSPS) is 49.3. The maximum Gasteiger partial charge on any atom is 0.151 e. The fourth-order valence-corrected chi connectivity index (χ4v) is 6.33. The number of nitriles is 1. The molecule has 0 aliphatic heterocycles. The van der Waals surface area contributed by atoms with Gasteiger partial charge in [0.15, 0.2) is 5.78 Å². The summed E-state index contributed by atoms with van der Waals surface area (Å²) in [6.07, 6.45) is 8.98. The van der Waals surface area contributed by atoms with Gasteiger partial charge in [-0.15, -0.1) is 0 Å². The zero-order valence-corrected chi connectivity index (χ0v) is 13.2. The second-order valence-corrected chi connectivity index (χ2v) is 8.56. The van der Waals surface area contributed by atoms with Crippen LogP contribution in [0.4, 0.5) is 0 Å². The third-order valence-corrected chi connectivity index (χ3v) is 6.76. The van der Waals surface area contributed by atoms with Gasteiger partial charge in [-0.25, -0.2) is 0 Å². The van der Waals surface area contributed by atoms with Crippen molar-refractivity contribution in [2.45, 2.75) is 68.9 Å². The smallest absolute Gasteiger partial charge is 0.151 e. The highest BCUT2D eigenvalue weighted by molar-refractivity contribution is 5.84. The van der Waals surface area contributed by atoms with E-state index in [1.807, 2.05) is 0 Å². The summed E-state index contributed by atoms with van der Waals surface area (Å²) < 4.78 is 0. The Labute approximate surface area is 132 Å². The van der Waals surface area contributed by atoms with Crippen molar-refractivity contribution in [1.29, 1.82) is 5.26 Å². The van der Waals surface area contributed by atoms with Crippen LogP contribution in [0.1, 0.15) is 57.8 Å². The van der Waals surface area contributed by atoms with E-state index < -0.39 is 5.60 Å². The molecule has 120 valence electrons. The van der Waals surface area contributed by atoms with Crippen molar-refractivity contribution in [3.8, 4) is 6.07 Å². The van der Waals surface area contributed by atoms with Gasteiger partial charge in [0.05, 0.1) is 24.1 Å². The van der Waals surface area contributed by atoms with E-state index in [9.17, 15) is 9.90 Å². The number of ketones is 1. The third kappa shape index (κ3) is 2.39. The summed E-state index contributed by atoms with van der Waals surface area (Å²) in [6, 6.07) is 2.31. The molecule has 3 unspecified atom stereocenters. The van der Waals surface area contributed by atoms with Crippen LogP contribution >= 0.6 is 0 Å². The maximum atomic E-state index is 12.5. The Hall–Kier alpha value is -0.920. The van der Waals surface area contributed by atoms with Gasteiger partial charge in [0, 0.05) is 11.5 Å². The predicted molar refractivity (Wildman–Crippen MR) is 81.8 cm³/mol.